The minimum absolute atomic E-state index is 0.633. The monoisotopic (exact) mass is 286 g/mol. The highest BCUT2D eigenvalue weighted by Crippen LogP contribution is 2.38. The first kappa shape index (κ1) is 11.0. The minimum Gasteiger partial charge on any atom is -0.0835 e. The molecular weight excluding hydrogens is 272 g/mol. The molecule has 2 aromatic rings. The van der Waals surface area contributed by atoms with Crippen LogP contribution in [0.4, 0.5) is 0 Å². The third kappa shape index (κ3) is 2.16. The van der Waals surface area contributed by atoms with E-state index in [1.54, 1.807) is 11.1 Å². The van der Waals surface area contributed by atoms with Gasteiger partial charge in [-0.15, -0.1) is 0 Å². The zero-order valence-corrected chi connectivity index (χ0v) is 11.3. The number of rotatable bonds is 0. The molecule has 0 aromatic heterocycles. The fourth-order valence-electron chi connectivity index (χ4n) is 2.34. The van der Waals surface area contributed by atoms with Crippen molar-refractivity contribution in [1.82, 2.24) is 0 Å². The van der Waals surface area contributed by atoms with E-state index in [1.807, 2.05) is 0 Å². The highest BCUT2D eigenvalue weighted by molar-refractivity contribution is 9.09. The highest BCUT2D eigenvalue weighted by atomic mass is 79.9. The summed E-state index contributed by atoms with van der Waals surface area (Å²) in [6, 6.07) is 17.2. The van der Waals surface area contributed by atoms with E-state index in [0.29, 0.717) is 4.83 Å². The molecule has 1 atom stereocenters. The van der Waals surface area contributed by atoms with E-state index >= 15 is 0 Å². The average molecular weight is 287 g/mol. The summed E-state index contributed by atoms with van der Waals surface area (Å²) in [5.74, 6) is 0. The number of benzene rings is 2. The van der Waals surface area contributed by atoms with Crippen molar-refractivity contribution < 1.29 is 0 Å². The fourth-order valence-corrected chi connectivity index (χ4v) is 3.13. The summed E-state index contributed by atoms with van der Waals surface area (Å²) >= 11 is 3.56. The summed E-state index contributed by atoms with van der Waals surface area (Å²) < 4.78 is 0. The lowest BCUT2D eigenvalue weighted by atomic mass is 9.89. The third-order valence-electron chi connectivity index (χ3n) is 3.57. The first-order chi connectivity index (χ1) is 8.34. The Morgan fingerprint density at radius 3 is 1.65 bits per heavy atom. The van der Waals surface area contributed by atoms with E-state index in [0.717, 1.165) is 0 Å². The molecule has 0 amide bonds. The Balaban J connectivity index is 0.000000107. The van der Waals surface area contributed by atoms with Crippen molar-refractivity contribution in [3.8, 4) is 0 Å². The number of alkyl halides is 1. The topological polar surface area (TPSA) is 0 Å². The molecule has 0 fully saturated rings. The van der Waals surface area contributed by atoms with Crippen molar-refractivity contribution in [3.05, 3.63) is 70.8 Å². The van der Waals surface area contributed by atoms with Crippen LogP contribution in [-0.4, -0.2) is 0 Å². The summed E-state index contributed by atoms with van der Waals surface area (Å²) in [5, 5.41) is 0. The molecule has 86 valence electrons. The molecule has 0 radical (unpaired) electrons. The average Bonchev–Trinajstić information content (AvgIpc) is 2.31. The van der Waals surface area contributed by atoms with E-state index in [1.165, 1.54) is 30.4 Å². The molecule has 4 rings (SSSR count). The first-order valence-corrected chi connectivity index (χ1v) is 7.05. The molecule has 0 N–H and O–H groups in total. The molecule has 1 heteroatoms. The van der Waals surface area contributed by atoms with Crippen LogP contribution in [0.2, 0.25) is 0 Å². The van der Waals surface area contributed by atoms with E-state index in [9.17, 15) is 0 Å². The molecule has 17 heavy (non-hydrogen) atoms. The number of halogens is 1. The van der Waals surface area contributed by atoms with Gasteiger partial charge in [-0.1, -0.05) is 64.5 Å². The molecule has 0 bridgehead atoms. The van der Waals surface area contributed by atoms with Gasteiger partial charge in [0.1, 0.15) is 0 Å². The van der Waals surface area contributed by atoms with Gasteiger partial charge in [-0.25, -0.2) is 0 Å². The maximum Gasteiger partial charge on any atom is 0.0438 e. The molecule has 2 aliphatic carbocycles. The van der Waals surface area contributed by atoms with Crippen molar-refractivity contribution in [2.24, 2.45) is 0 Å². The molecule has 0 aliphatic heterocycles. The molecule has 0 saturated carbocycles. The maximum atomic E-state index is 3.56. The predicted octanol–water partition coefficient (Wildman–Crippen LogP) is 4.46. The number of fused-ring (bicyclic) bond motifs is 2. The van der Waals surface area contributed by atoms with Gasteiger partial charge in [-0.2, -0.15) is 0 Å². The van der Waals surface area contributed by atoms with Crippen LogP contribution in [0.1, 0.15) is 27.1 Å². The van der Waals surface area contributed by atoms with E-state index in [2.05, 4.69) is 64.5 Å². The second-order valence-corrected chi connectivity index (χ2v) is 5.74. The molecular formula is C16H15Br. The van der Waals surface area contributed by atoms with Crippen molar-refractivity contribution in [2.45, 2.75) is 24.1 Å². The lowest BCUT2D eigenvalue weighted by molar-refractivity contribution is 0.830. The lowest BCUT2D eigenvalue weighted by Gasteiger charge is -2.24. The Labute approximate surface area is 111 Å². The summed E-state index contributed by atoms with van der Waals surface area (Å²) in [6.45, 7) is 0. The summed E-state index contributed by atoms with van der Waals surface area (Å²) in [6.07, 6.45) is 3.81. The van der Waals surface area contributed by atoms with Gasteiger partial charge >= 0.3 is 0 Å². The van der Waals surface area contributed by atoms with Crippen molar-refractivity contribution in [2.75, 3.05) is 0 Å². The van der Waals surface area contributed by atoms with Crippen LogP contribution in [0.25, 0.3) is 0 Å². The lowest BCUT2D eigenvalue weighted by Crippen LogP contribution is -2.10. The van der Waals surface area contributed by atoms with E-state index in [-0.39, 0.29) is 0 Å². The molecule has 1 unspecified atom stereocenters. The van der Waals surface area contributed by atoms with Crippen LogP contribution >= 0.6 is 15.9 Å². The number of aryl methyl sites for hydroxylation is 2. The zero-order valence-electron chi connectivity index (χ0n) is 9.70. The zero-order chi connectivity index (χ0) is 11.7. The van der Waals surface area contributed by atoms with Crippen LogP contribution in [-0.2, 0) is 19.3 Å². The molecule has 0 spiro atoms. The van der Waals surface area contributed by atoms with Crippen LogP contribution in [0.15, 0.2) is 48.5 Å². The van der Waals surface area contributed by atoms with Crippen molar-refractivity contribution in [1.29, 1.82) is 0 Å². The smallest absolute Gasteiger partial charge is 0.0438 e. The summed E-state index contributed by atoms with van der Waals surface area (Å²) in [7, 11) is 0. The normalized spacial score (nSPS) is 18.8. The van der Waals surface area contributed by atoms with Crippen LogP contribution in [0, 0.1) is 0 Å². The van der Waals surface area contributed by atoms with Gasteiger partial charge in [0, 0.05) is 4.83 Å². The fraction of sp³-hybridized carbons (Fsp3) is 0.250. The number of hydrogen-bond acceptors (Lipinski definition) is 0. The molecule has 0 heterocycles. The van der Waals surface area contributed by atoms with E-state index < -0.39 is 0 Å². The summed E-state index contributed by atoms with van der Waals surface area (Å²) in [4.78, 5) is 0.633. The predicted molar refractivity (Wildman–Crippen MR) is 75.7 cm³/mol. The Bertz CT molecular complexity index is 508. The standard InChI is InChI=1S/C8H7Br.C8H8/c9-8-5-6-3-1-2-4-7(6)8;1-2-4-8-6-5-7(8)3-1/h1-4,8H,5H2;1-4H,5-6H2. The van der Waals surface area contributed by atoms with Gasteiger partial charge < -0.3 is 0 Å². The van der Waals surface area contributed by atoms with Crippen LogP contribution in [0.5, 0.6) is 0 Å². The summed E-state index contributed by atoms with van der Waals surface area (Å²) in [5.41, 5.74) is 6.07. The van der Waals surface area contributed by atoms with Gasteiger partial charge in [0.15, 0.2) is 0 Å². The van der Waals surface area contributed by atoms with Gasteiger partial charge in [-0.05, 0) is 41.5 Å². The van der Waals surface area contributed by atoms with Crippen LogP contribution in [0.3, 0.4) is 0 Å². The first-order valence-electron chi connectivity index (χ1n) is 6.13. The second kappa shape index (κ2) is 4.66. The van der Waals surface area contributed by atoms with Crippen LogP contribution < -0.4 is 0 Å². The Hall–Kier alpha value is -1.08. The Kier molecular flexibility index (Phi) is 3.02. The SMILES string of the molecule is BrC1Cc2ccccc21.c1ccc2c(c1)CC2. The van der Waals surface area contributed by atoms with Gasteiger partial charge in [0.25, 0.3) is 0 Å². The van der Waals surface area contributed by atoms with Gasteiger partial charge in [0.2, 0.25) is 0 Å². The number of hydrogen-bond donors (Lipinski definition) is 0. The highest BCUT2D eigenvalue weighted by Gasteiger charge is 2.21. The quantitative estimate of drug-likeness (QED) is 0.627. The molecule has 0 saturated heterocycles. The van der Waals surface area contributed by atoms with Crippen molar-refractivity contribution >= 4 is 15.9 Å². The van der Waals surface area contributed by atoms with Crippen molar-refractivity contribution in [3.63, 3.8) is 0 Å². The largest absolute Gasteiger partial charge is 0.0835 e. The van der Waals surface area contributed by atoms with Gasteiger partial charge in [0.05, 0.1) is 0 Å². The molecule has 2 aliphatic rings. The second-order valence-electron chi connectivity index (χ2n) is 4.64. The Morgan fingerprint density at radius 1 is 0.765 bits per heavy atom. The van der Waals surface area contributed by atoms with Gasteiger partial charge in [-0.3, -0.25) is 0 Å². The Morgan fingerprint density at radius 2 is 1.29 bits per heavy atom. The minimum atomic E-state index is 0.633. The third-order valence-corrected chi connectivity index (χ3v) is 4.39. The molecule has 2 aromatic carbocycles. The molecule has 0 nitrogen and oxygen atoms in total. The van der Waals surface area contributed by atoms with E-state index in [4.69, 9.17) is 0 Å². The maximum absolute atomic E-state index is 3.56.